The SMILES string of the molecule is CCC(=O)Nc1ccc(C(=O)N[C@@H](Cc2ccccc2)C(=O)N[C@@H](Cc2ccccc2)C(=O)O)cc1. The average Bonchev–Trinajstić information content (AvgIpc) is 2.89. The van der Waals surface area contributed by atoms with Crippen LogP contribution in [0.4, 0.5) is 5.69 Å². The number of nitrogens with one attached hydrogen (secondary N) is 3. The molecule has 3 aromatic carbocycles. The molecule has 186 valence electrons. The molecule has 3 rings (SSSR count). The number of hydrogen-bond acceptors (Lipinski definition) is 4. The predicted molar refractivity (Wildman–Crippen MR) is 136 cm³/mol. The van der Waals surface area contributed by atoms with Gasteiger partial charge in [0.1, 0.15) is 12.1 Å². The van der Waals surface area contributed by atoms with Gasteiger partial charge in [-0.2, -0.15) is 0 Å². The molecule has 2 atom stereocenters. The Hall–Kier alpha value is -4.46. The molecule has 4 N–H and O–H groups in total. The van der Waals surface area contributed by atoms with Crippen molar-refractivity contribution in [2.45, 2.75) is 38.3 Å². The van der Waals surface area contributed by atoms with Crippen LogP contribution in [0.5, 0.6) is 0 Å². The third kappa shape index (κ3) is 7.80. The number of carbonyl (C=O) groups is 4. The van der Waals surface area contributed by atoms with Crippen LogP contribution in [0.3, 0.4) is 0 Å². The third-order valence-corrected chi connectivity index (χ3v) is 5.55. The second kappa shape index (κ2) is 12.9. The Morgan fingerprint density at radius 1 is 0.722 bits per heavy atom. The second-order valence-corrected chi connectivity index (χ2v) is 8.28. The normalized spacial score (nSPS) is 12.1. The van der Waals surface area contributed by atoms with E-state index in [1.807, 2.05) is 36.4 Å². The highest BCUT2D eigenvalue weighted by atomic mass is 16.4. The minimum Gasteiger partial charge on any atom is -0.480 e. The number of aliphatic carboxylic acids is 1. The van der Waals surface area contributed by atoms with Gasteiger partial charge in [-0.05, 0) is 35.4 Å². The Kier molecular flexibility index (Phi) is 9.33. The molecular weight excluding hydrogens is 458 g/mol. The van der Waals surface area contributed by atoms with Crippen molar-refractivity contribution < 1.29 is 24.3 Å². The van der Waals surface area contributed by atoms with Gasteiger partial charge in [0.05, 0.1) is 0 Å². The Labute approximate surface area is 209 Å². The lowest BCUT2D eigenvalue weighted by Gasteiger charge is -2.22. The van der Waals surface area contributed by atoms with Crippen LogP contribution in [0.1, 0.15) is 34.8 Å². The zero-order chi connectivity index (χ0) is 25.9. The van der Waals surface area contributed by atoms with E-state index in [0.717, 1.165) is 11.1 Å². The maximum atomic E-state index is 13.2. The van der Waals surface area contributed by atoms with E-state index >= 15 is 0 Å². The van der Waals surface area contributed by atoms with Crippen LogP contribution in [-0.2, 0) is 27.2 Å². The van der Waals surface area contributed by atoms with E-state index in [9.17, 15) is 24.3 Å². The van der Waals surface area contributed by atoms with Gasteiger partial charge in [-0.25, -0.2) is 4.79 Å². The van der Waals surface area contributed by atoms with Gasteiger partial charge < -0.3 is 21.1 Å². The highest BCUT2D eigenvalue weighted by Gasteiger charge is 2.27. The lowest BCUT2D eigenvalue weighted by molar-refractivity contribution is -0.142. The lowest BCUT2D eigenvalue weighted by atomic mass is 10.0. The summed E-state index contributed by atoms with van der Waals surface area (Å²) in [4.78, 5) is 49.6. The fourth-order valence-corrected chi connectivity index (χ4v) is 3.58. The highest BCUT2D eigenvalue weighted by Crippen LogP contribution is 2.12. The predicted octanol–water partition coefficient (Wildman–Crippen LogP) is 3.19. The molecule has 8 heteroatoms. The Bertz CT molecular complexity index is 1180. The van der Waals surface area contributed by atoms with Crippen LogP contribution in [0, 0.1) is 0 Å². The maximum Gasteiger partial charge on any atom is 0.326 e. The van der Waals surface area contributed by atoms with Gasteiger partial charge in [-0.15, -0.1) is 0 Å². The van der Waals surface area contributed by atoms with Crippen molar-refractivity contribution in [3.05, 3.63) is 102 Å². The molecule has 0 aliphatic heterocycles. The first-order valence-corrected chi connectivity index (χ1v) is 11.7. The van der Waals surface area contributed by atoms with Gasteiger partial charge >= 0.3 is 5.97 Å². The standard InChI is InChI=1S/C28H29N3O5/c1-2-25(32)29-22-15-13-21(14-16-22)26(33)30-23(17-19-9-5-3-6-10-19)27(34)31-24(28(35)36)18-20-11-7-4-8-12-20/h3-16,23-24H,2,17-18H2,1H3,(H,29,32)(H,30,33)(H,31,34)(H,35,36)/t23-,24-/m0/s1. The molecule has 0 saturated heterocycles. The summed E-state index contributed by atoms with van der Waals surface area (Å²) in [7, 11) is 0. The van der Waals surface area contributed by atoms with E-state index in [2.05, 4.69) is 16.0 Å². The van der Waals surface area contributed by atoms with E-state index in [4.69, 9.17) is 0 Å². The topological polar surface area (TPSA) is 125 Å². The molecule has 0 aliphatic carbocycles. The summed E-state index contributed by atoms with van der Waals surface area (Å²) in [6, 6.07) is 22.3. The van der Waals surface area contributed by atoms with Gasteiger partial charge in [-0.1, -0.05) is 67.6 Å². The van der Waals surface area contributed by atoms with Crippen molar-refractivity contribution in [3.63, 3.8) is 0 Å². The van der Waals surface area contributed by atoms with Crippen LogP contribution in [0.2, 0.25) is 0 Å². The lowest BCUT2D eigenvalue weighted by Crippen LogP contribution is -2.53. The zero-order valence-corrected chi connectivity index (χ0v) is 19.9. The van der Waals surface area contributed by atoms with Crippen molar-refractivity contribution in [1.82, 2.24) is 10.6 Å². The van der Waals surface area contributed by atoms with Crippen molar-refractivity contribution in [2.24, 2.45) is 0 Å². The first-order valence-electron chi connectivity index (χ1n) is 11.7. The molecule has 0 bridgehead atoms. The highest BCUT2D eigenvalue weighted by molar-refractivity contribution is 5.99. The van der Waals surface area contributed by atoms with E-state index in [0.29, 0.717) is 17.7 Å². The van der Waals surface area contributed by atoms with E-state index < -0.39 is 29.9 Å². The molecule has 0 radical (unpaired) electrons. The molecule has 0 aliphatic rings. The number of benzene rings is 3. The summed E-state index contributed by atoms with van der Waals surface area (Å²) >= 11 is 0. The zero-order valence-electron chi connectivity index (χ0n) is 19.9. The van der Waals surface area contributed by atoms with Crippen LogP contribution >= 0.6 is 0 Å². The van der Waals surface area contributed by atoms with Crippen LogP contribution < -0.4 is 16.0 Å². The van der Waals surface area contributed by atoms with E-state index in [1.54, 1.807) is 55.5 Å². The minimum absolute atomic E-state index is 0.110. The molecule has 0 aromatic heterocycles. The number of amides is 3. The van der Waals surface area contributed by atoms with E-state index in [1.165, 1.54) is 0 Å². The molecule has 0 spiro atoms. The average molecular weight is 488 g/mol. The summed E-state index contributed by atoms with van der Waals surface area (Å²) in [6.45, 7) is 1.74. The number of anilines is 1. The summed E-state index contributed by atoms with van der Waals surface area (Å²) in [6.07, 6.45) is 0.625. The maximum absolute atomic E-state index is 13.2. The Morgan fingerprint density at radius 3 is 1.75 bits per heavy atom. The number of carbonyl (C=O) groups excluding carboxylic acids is 3. The van der Waals surface area contributed by atoms with Crippen LogP contribution in [0.15, 0.2) is 84.9 Å². The van der Waals surface area contributed by atoms with Gasteiger partial charge in [0.2, 0.25) is 11.8 Å². The molecule has 0 unspecified atom stereocenters. The van der Waals surface area contributed by atoms with Gasteiger partial charge in [0.25, 0.3) is 5.91 Å². The Balaban J connectivity index is 1.75. The minimum atomic E-state index is -1.17. The molecular formula is C28H29N3O5. The summed E-state index contributed by atoms with van der Waals surface area (Å²) in [5.74, 6) is -2.39. The molecule has 0 heterocycles. The van der Waals surface area contributed by atoms with Gasteiger partial charge in [0.15, 0.2) is 0 Å². The monoisotopic (exact) mass is 487 g/mol. The molecule has 3 amide bonds. The van der Waals surface area contributed by atoms with Crippen molar-refractivity contribution in [1.29, 1.82) is 0 Å². The second-order valence-electron chi connectivity index (χ2n) is 8.28. The summed E-state index contributed by atoms with van der Waals surface area (Å²) in [5, 5.41) is 17.7. The molecule has 36 heavy (non-hydrogen) atoms. The fourth-order valence-electron chi connectivity index (χ4n) is 3.58. The molecule has 0 fully saturated rings. The van der Waals surface area contributed by atoms with Crippen molar-refractivity contribution in [2.75, 3.05) is 5.32 Å². The first kappa shape index (κ1) is 26.2. The van der Waals surface area contributed by atoms with Crippen LogP contribution in [0.25, 0.3) is 0 Å². The third-order valence-electron chi connectivity index (χ3n) is 5.55. The van der Waals surface area contributed by atoms with Crippen LogP contribution in [-0.4, -0.2) is 40.9 Å². The van der Waals surface area contributed by atoms with Gasteiger partial charge in [-0.3, -0.25) is 14.4 Å². The van der Waals surface area contributed by atoms with Crippen molar-refractivity contribution >= 4 is 29.4 Å². The summed E-state index contributed by atoms with van der Waals surface area (Å²) < 4.78 is 0. The van der Waals surface area contributed by atoms with Crippen molar-refractivity contribution in [3.8, 4) is 0 Å². The Morgan fingerprint density at radius 2 is 1.25 bits per heavy atom. The quantitative estimate of drug-likeness (QED) is 0.331. The summed E-state index contributed by atoms with van der Waals surface area (Å²) in [5.41, 5.74) is 2.44. The number of rotatable bonds is 11. The number of carboxylic acids is 1. The van der Waals surface area contributed by atoms with E-state index in [-0.39, 0.29) is 18.7 Å². The molecule has 8 nitrogen and oxygen atoms in total. The number of hydrogen-bond donors (Lipinski definition) is 4. The number of carboxylic acid groups (broad SMARTS) is 1. The smallest absolute Gasteiger partial charge is 0.326 e. The largest absolute Gasteiger partial charge is 0.480 e. The van der Waals surface area contributed by atoms with Gasteiger partial charge in [0, 0.05) is 30.5 Å². The molecule has 0 saturated carbocycles. The fraction of sp³-hybridized carbons (Fsp3) is 0.214. The first-order chi connectivity index (χ1) is 17.4. The molecule has 3 aromatic rings.